The van der Waals surface area contributed by atoms with Gasteiger partial charge in [0.15, 0.2) is 0 Å². The molecule has 0 fully saturated rings. The zero-order chi connectivity index (χ0) is 21.7. The molecule has 0 saturated heterocycles. The molecule has 0 aliphatic carbocycles. The predicted molar refractivity (Wildman–Crippen MR) is 114 cm³/mol. The van der Waals surface area contributed by atoms with Crippen molar-refractivity contribution < 1.29 is 17.6 Å². The van der Waals surface area contributed by atoms with Crippen molar-refractivity contribution in [3.05, 3.63) is 101 Å². The Morgan fingerprint density at radius 3 is 2.13 bits per heavy atom. The van der Waals surface area contributed by atoms with Crippen LogP contribution in [0.5, 0.6) is 0 Å². The second-order valence-electron chi connectivity index (χ2n) is 7.17. The molecule has 0 aliphatic heterocycles. The van der Waals surface area contributed by atoms with Gasteiger partial charge in [0.1, 0.15) is 5.82 Å². The molecule has 1 amide bonds. The number of carbonyl (C=O) groups excluding carboxylic acids is 1. The third kappa shape index (κ3) is 5.31. The Balaban J connectivity index is 1.91. The van der Waals surface area contributed by atoms with Gasteiger partial charge in [-0.25, -0.2) is 17.5 Å². The summed E-state index contributed by atoms with van der Waals surface area (Å²) in [6.45, 7) is 3.45. The van der Waals surface area contributed by atoms with Crippen molar-refractivity contribution in [2.75, 3.05) is 0 Å². The minimum atomic E-state index is -3.72. The average Bonchev–Trinajstić information content (AvgIpc) is 2.72. The molecule has 1 unspecified atom stereocenters. The first-order valence-corrected chi connectivity index (χ1v) is 11.0. The first-order valence-electron chi connectivity index (χ1n) is 9.50. The van der Waals surface area contributed by atoms with Gasteiger partial charge in [-0.3, -0.25) is 4.79 Å². The maximum atomic E-state index is 13.4. The smallest absolute Gasteiger partial charge is 0.252 e. The topological polar surface area (TPSA) is 75.3 Å². The zero-order valence-electron chi connectivity index (χ0n) is 16.7. The second-order valence-corrected chi connectivity index (χ2v) is 8.89. The molecule has 3 rings (SSSR count). The number of sulfonamides is 1. The molecule has 5 nitrogen and oxygen atoms in total. The second kappa shape index (κ2) is 9.19. The fourth-order valence-electron chi connectivity index (χ4n) is 3.06. The molecular formula is C23H23FN2O3S. The highest BCUT2D eigenvalue weighted by Crippen LogP contribution is 2.23. The molecule has 3 aromatic rings. The van der Waals surface area contributed by atoms with Crippen LogP contribution in [0.25, 0.3) is 0 Å². The quantitative estimate of drug-likeness (QED) is 0.599. The molecule has 0 heterocycles. The summed E-state index contributed by atoms with van der Waals surface area (Å²) in [4.78, 5) is 13.0. The van der Waals surface area contributed by atoms with Crippen LogP contribution in [0.1, 0.15) is 41.4 Å². The number of halogens is 1. The number of rotatable bonds is 7. The number of carbonyl (C=O) groups is 1. The van der Waals surface area contributed by atoms with Crippen LogP contribution in [0.15, 0.2) is 83.8 Å². The lowest BCUT2D eigenvalue weighted by Crippen LogP contribution is -2.31. The molecular weight excluding hydrogens is 403 g/mol. The summed E-state index contributed by atoms with van der Waals surface area (Å²) in [6.07, 6.45) is 0. The molecule has 0 spiro atoms. The van der Waals surface area contributed by atoms with E-state index in [0.717, 1.165) is 5.56 Å². The lowest BCUT2D eigenvalue weighted by atomic mass is 9.98. The van der Waals surface area contributed by atoms with E-state index < -0.39 is 22.0 Å². The maximum absolute atomic E-state index is 13.4. The lowest BCUT2D eigenvalue weighted by Gasteiger charge is -2.20. The molecule has 0 radical (unpaired) electrons. The van der Waals surface area contributed by atoms with E-state index in [2.05, 4.69) is 10.0 Å². The van der Waals surface area contributed by atoms with Gasteiger partial charge in [0.25, 0.3) is 5.91 Å². The molecule has 30 heavy (non-hydrogen) atoms. The highest BCUT2D eigenvalue weighted by molar-refractivity contribution is 7.89. The van der Waals surface area contributed by atoms with Crippen molar-refractivity contribution in [3.63, 3.8) is 0 Å². The molecule has 1 atom stereocenters. The Morgan fingerprint density at radius 2 is 1.50 bits per heavy atom. The SMILES string of the molecule is CC(C)NS(=O)(=O)c1cccc(C(=O)NC(c2ccccc2)c2ccc(F)cc2)c1. The molecule has 0 bridgehead atoms. The van der Waals surface area contributed by atoms with E-state index in [9.17, 15) is 17.6 Å². The number of nitrogens with one attached hydrogen (secondary N) is 2. The normalized spacial score (nSPS) is 12.5. The van der Waals surface area contributed by atoms with Gasteiger partial charge >= 0.3 is 0 Å². The molecule has 2 N–H and O–H groups in total. The van der Waals surface area contributed by atoms with E-state index in [0.29, 0.717) is 5.56 Å². The van der Waals surface area contributed by atoms with E-state index >= 15 is 0 Å². The summed E-state index contributed by atoms with van der Waals surface area (Å²) in [5, 5.41) is 2.93. The van der Waals surface area contributed by atoms with Crippen molar-refractivity contribution in [1.29, 1.82) is 0 Å². The highest BCUT2D eigenvalue weighted by Gasteiger charge is 2.20. The third-order valence-corrected chi connectivity index (χ3v) is 6.07. The largest absolute Gasteiger partial charge is 0.341 e. The summed E-state index contributed by atoms with van der Waals surface area (Å²) in [6, 6.07) is 20.3. The van der Waals surface area contributed by atoms with Crippen molar-refractivity contribution in [3.8, 4) is 0 Å². The van der Waals surface area contributed by atoms with Gasteiger partial charge in [-0.15, -0.1) is 0 Å². The molecule has 7 heteroatoms. The lowest BCUT2D eigenvalue weighted by molar-refractivity contribution is 0.0942. The minimum absolute atomic E-state index is 0.0156. The van der Waals surface area contributed by atoms with Crippen molar-refractivity contribution in [2.45, 2.75) is 30.8 Å². The van der Waals surface area contributed by atoms with Crippen LogP contribution in [0, 0.1) is 5.82 Å². The first kappa shape index (κ1) is 21.7. The van der Waals surface area contributed by atoms with Gasteiger partial charge in [-0.1, -0.05) is 48.5 Å². The van der Waals surface area contributed by atoms with Crippen LogP contribution in [0.4, 0.5) is 4.39 Å². The van der Waals surface area contributed by atoms with Crippen LogP contribution >= 0.6 is 0 Å². The maximum Gasteiger partial charge on any atom is 0.252 e. The highest BCUT2D eigenvalue weighted by atomic mass is 32.2. The van der Waals surface area contributed by atoms with Gasteiger partial charge in [0.05, 0.1) is 10.9 Å². The van der Waals surface area contributed by atoms with Crippen LogP contribution in [0.2, 0.25) is 0 Å². The fraction of sp³-hybridized carbons (Fsp3) is 0.174. The molecule has 0 aliphatic rings. The summed E-state index contributed by atoms with van der Waals surface area (Å²) >= 11 is 0. The van der Waals surface area contributed by atoms with Gasteiger partial charge in [-0.05, 0) is 55.3 Å². The standard InChI is InChI=1S/C23H23FN2O3S/c1-16(2)26-30(28,29)21-10-6-9-19(15-21)23(27)25-22(17-7-4-3-5-8-17)18-11-13-20(24)14-12-18/h3-16,22,26H,1-2H3,(H,25,27). The Bertz CT molecular complexity index is 1110. The molecule has 0 saturated carbocycles. The van der Waals surface area contributed by atoms with E-state index in [1.54, 1.807) is 32.0 Å². The summed E-state index contributed by atoms with van der Waals surface area (Å²) in [5.41, 5.74) is 1.74. The number of hydrogen-bond acceptors (Lipinski definition) is 3. The number of hydrogen-bond donors (Lipinski definition) is 2. The summed E-state index contributed by atoms with van der Waals surface area (Å²) in [5.74, 6) is -0.803. The zero-order valence-corrected chi connectivity index (χ0v) is 17.5. The van der Waals surface area contributed by atoms with Gasteiger partial charge in [0.2, 0.25) is 10.0 Å². The fourth-order valence-corrected chi connectivity index (χ4v) is 4.35. The number of amides is 1. The Kier molecular flexibility index (Phi) is 6.64. The Hall–Kier alpha value is -3.03. The van der Waals surface area contributed by atoms with Gasteiger partial charge in [0, 0.05) is 11.6 Å². The number of benzene rings is 3. The van der Waals surface area contributed by atoms with E-state index in [1.807, 2.05) is 30.3 Å². The Morgan fingerprint density at radius 1 is 0.867 bits per heavy atom. The first-order chi connectivity index (χ1) is 14.3. The van der Waals surface area contributed by atoms with Crippen LogP contribution < -0.4 is 10.0 Å². The van der Waals surface area contributed by atoms with Crippen molar-refractivity contribution in [2.24, 2.45) is 0 Å². The average molecular weight is 427 g/mol. The minimum Gasteiger partial charge on any atom is -0.341 e. The predicted octanol–water partition coefficient (Wildman–Crippen LogP) is 4.03. The van der Waals surface area contributed by atoms with Crippen molar-refractivity contribution in [1.82, 2.24) is 10.0 Å². The monoisotopic (exact) mass is 426 g/mol. The van der Waals surface area contributed by atoms with E-state index in [1.165, 1.54) is 30.3 Å². The summed E-state index contributed by atoms with van der Waals surface area (Å²) < 4.78 is 40.8. The van der Waals surface area contributed by atoms with E-state index in [-0.39, 0.29) is 22.3 Å². The Labute approximate surface area is 176 Å². The van der Waals surface area contributed by atoms with Crippen molar-refractivity contribution >= 4 is 15.9 Å². The van der Waals surface area contributed by atoms with Crippen LogP contribution in [-0.4, -0.2) is 20.4 Å². The summed E-state index contributed by atoms with van der Waals surface area (Å²) in [7, 11) is -3.72. The van der Waals surface area contributed by atoms with Gasteiger partial charge in [-0.2, -0.15) is 0 Å². The van der Waals surface area contributed by atoms with E-state index in [4.69, 9.17) is 0 Å². The third-order valence-electron chi connectivity index (χ3n) is 4.41. The van der Waals surface area contributed by atoms with Crippen LogP contribution in [-0.2, 0) is 10.0 Å². The molecule has 0 aromatic heterocycles. The molecule has 156 valence electrons. The van der Waals surface area contributed by atoms with Crippen LogP contribution in [0.3, 0.4) is 0 Å². The molecule has 3 aromatic carbocycles. The van der Waals surface area contributed by atoms with Gasteiger partial charge < -0.3 is 5.32 Å².